The minimum absolute atomic E-state index is 0.222. The Morgan fingerprint density at radius 1 is 1.38 bits per heavy atom. The molecule has 0 bridgehead atoms. The molecule has 2 rings (SSSR count). The average molecular weight is 218 g/mol. The largest absolute Gasteiger partial charge is 0.278 e. The number of benzene rings is 1. The summed E-state index contributed by atoms with van der Waals surface area (Å²) in [7, 11) is 0. The Kier molecular flexibility index (Phi) is 3.57. The summed E-state index contributed by atoms with van der Waals surface area (Å²) in [5.41, 5.74) is 5.76. The molecule has 1 heterocycles. The fourth-order valence-electron chi connectivity index (χ4n) is 2.00. The van der Waals surface area contributed by atoms with Crippen molar-refractivity contribution in [2.24, 2.45) is 0 Å². The van der Waals surface area contributed by atoms with E-state index in [1.165, 1.54) is 11.1 Å². The van der Waals surface area contributed by atoms with Gasteiger partial charge in [-0.05, 0) is 30.9 Å². The lowest BCUT2D eigenvalue weighted by Crippen LogP contribution is -2.47. The average Bonchev–Trinajstić information content (AvgIpc) is 2.30. The van der Waals surface area contributed by atoms with Gasteiger partial charge in [0.25, 0.3) is 0 Å². The fourth-order valence-corrected chi connectivity index (χ4v) is 2.00. The van der Waals surface area contributed by atoms with Gasteiger partial charge in [0.15, 0.2) is 0 Å². The molecule has 86 valence electrons. The first kappa shape index (κ1) is 11.1. The van der Waals surface area contributed by atoms with E-state index in [1.54, 1.807) is 5.01 Å². The van der Waals surface area contributed by atoms with Gasteiger partial charge in [-0.2, -0.15) is 0 Å². The Balaban J connectivity index is 1.92. The molecule has 3 heteroatoms. The highest BCUT2D eigenvalue weighted by molar-refractivity contribution is 5.76. The molecule has 1 aliphatic rings. The minimum Gasteiger partial charge on any atom is -0.278 e. The monoisotopic (exact) mass is 218 g/mol. The third-order valence-electron chi connectivity index (χ3n) is 3.04. The minimum atomic E-state index is 0.222. The van der Waals surface area contributed by atoms with Crippen LogP contribution in [0, 0.1) is 6.92 Å². The van der Waals surface area contributed by atoms with E-state index in [0.717, 1.165) is 25.9 Å². The lowest BCUT2D eigenvalue weighted by atomic mass is 10.1. The second-order valence-electron chi connectivity index (χ2n) is 4.23. The zero-order valence-electron chi connectivity index (χ0n) is 9.70. The topological polar surface area (TPSA) is 32.3 Å². The van der Waals surface area contributed by atoms with Crippen molar-refractivity contribution in [3.63, 3.8) is 0 Å². The number of carbonyl (C=O) groups is 1. The first-order valence-electron chi connectivity index (χ1n) is 5.86. The number of amides is 1. The predicted octanol–water partition coefficient (Wildman–Crippen LogP) is 1.66. The van der Waals surface area contributed by atoms with Gasteiger partial charge in [0, 0.05) is 19.5 Å². The summed E-state index contributed by atoms with van der Waals surface area (Å²) in [6, 6.07) is 8.33. The molecule has 1 aliphatic heterocycles. The summed E-state index contributed by atoms with van der Waals surface area (Å²) in [5.74, 6) is 0.222. The zero-order chi connectivity index (χ0) is 11.4. The first-order valence-corrected chi connectivity index (χ1v) is 5.86. The van der Waals surface area contributed by atoms with E-state index in [9.17, 15) is 4.79 Å². The number of hydrazine groups is 1. The smallest absolute Gasteiger partial charge is 0.236 e. The van der Waals surface area contributed by atoms with Crippen molar-refractivity contribution in [3.05, 3.63) is 35.4 Å². The van der Waals surface area contributed by atoms with Crippen LogP contribution in [0.4, 0.5) is 0 Å². The van der Waals surface area contributed by atoms with E-state index < -0.39 is 0 Å². The molecule has 1 amide bonds. The molecule has 1 N–H and O–H groups in total. The summed E-state index contributed by atoms with van der Waals surface area (Å²) in [4.78, 5) is 11.6. The van der Waals surface area contributed by atoms with Crippen LogP contribution in [0.1, 0.15) is 24.0 Å². The van der Waals surface area contributed by atoms with Crippen molar-refractivity contribution in [3.8, 4) is 0 Å². The normalized spacial score (nSPS) is 16.6. The molecule has 1 aromatic carbocycles. The van der Waals surface area contributed by atoms with Gasteiger partial charge in [0.1, 0.15) is 0 Å². The summed E-state index contributed by atoms with van der Waals surface area (Å²) < 4.78 is 0. The number of hydrogen-bond acceptors (Lipinski definition) is 2. The Morgan fingerprint density at radius 2 is 2.19 bits per heavy atom. The molecule has 16 heavy (non-hydrogen) atoms. The summed E-state index contributed by atoms with van der Waals surface area (Å²) >= 11 is 0. The Bertz CT molecular complexity index is 376. The highest BCUT2D eigenvalue weighted by atomic mass is 16.2. The van der Waals surface area contributed by atoms with Crippen LogP contribution >= 0.6 is 0 Å². The summed E-state index contributed by atoms with van der Waals surface area (Å²) in [6.45, 7) is 3.80. The van der Waals surface area contributed by atoms with Crippen LogP contribution in [-0.2, 0) is 11.2 Å². The van der Waals surface area contributed by atoms with E-state index in [1.807, 2.05) is 12.1 Å². The second-order valence-corrected chi connectivity index (χ2v) is 4.23. The molecular weight excluding hydrogens is 200 g/mol. The molecule has 0 aromatic heterocycles. The zero-order valence-corrected chi connectivity index (χ0v) is 9.70. The van der Waals surface area contributed by atoms with Gasteiger partial charge in [0.05, 0.1) is 0 Å². The van der Waals surface area contributed by atoms with Crippen LogP contribution in [0.15, 0.2) is 24.3 Å². The molecule has 0 atom stereocenters. The van der Waals surface area contributed by atoms with E-state index >= 15 is 0 Å². The molecule has 0 saturated carbocycles. The molecule has 1 fully saturated rings. The predicted molar refractivity (Wildman–Crippen MR) is 63.8 cm³/mol. The summed E-state index contributed by atoms with van der Waals surface area (Å²) in [6.07, 6.45) is 2.56. The molecule has 0 radical (unpaired) electrons. The third kappa shape index (κ3) is 2.61. The number of hydrogen-bond donors (Lipinski definition) is 1. The van der Waals surface area contributed by atoms with Crippen LogP contribution in [0.2, 0.25) is 0 Å². The van der Waals surface area contributed by atoms with Crippen LogP contribution in [0.25, 0.3) is 0 Å². The van der Waals surface area contributed by atoms with Crippen LogP contribution in [0.5, 0.6) is 0 Å². The third-order valence-corrected chi connectivity index (χ3v) is 3.04. The van der Waals surface area contributed by atoms with Crippen molar-refractivity contribution in [2.45, 2.75) is 26.2 Å². The lowest BCUT2D eigenvalue weighted by Gasteiger charge is -2.27. The first-order chi connectivity index (χ1) is 7.77. The quantitative estimate of drug-likeness (QED) is 0.837. The van der Waals surface area contributed by atoms with Crippen molar-refractivity contribution < 1.29 is 4.79 Å². The highest BCUT2D eigenvalue weighted by Crippen LogP contribution is 2.09. The Hall–Kier alpha value is -1.35. The van der Waals surface area contributed by atoms with E-state index in [-0.39, 0.29) is 5.91 Å². The summed E-state index contributed by atoms with van der Waals surface area (Å²) in [5, 5.41) is 1.76. The van der Waals surface area contributed by atoms with E-state index in [2.05, 4.69) is 24.5 Å². The Labute approximate surface area is 96.4 Å². The van der Waals surface area contributed by atoms with Gasteiger partial charge in [0.2, 0.25) is 5.91 Å². The molecule has 1 saturated heterocycles. The van der Waals surface area contributed by atoms with Gasteiger partial charge < -0.3 is 0 Å². The van der Waals surface area contributed by atoms with Gasteiger partial charge in [-0.1, -0.05) is 24.3 Å². The standard InChI is InChI=1S/C13H18N2O/c1-11-5-2-3-6-12(11)8-10-15-13(16)7-4-9-14-15/h2-3,5-6,14H,4,7-10H2,1H3. The number of rotatable bonds is 3. The lowest BCUT2D eigenvalue weighted by molar-refractivity contribution is -0.136. The molecule has 0 spiro atoms. The van der Waals surface area contributed by atoms with Crippen molar-refractivity contribution in [1.82, 2.24) is 10.4 Å². The van der Waals surface area contributed by atoms with Gasteiger partial charge in [-0.15, -0.1) is 0 Å². The van der Waals surface area contributed by atoms with E-state index in [0.29, 0.717) is 6.42 Å². The van der Waals surface area contributed by atoms with E-state index in [4.69, 9.17) is 0 Å². The van der Waals surface area contributed by atoms with Gasteiger partial charge in [-0.3, -0.25) is 9.80 Å². The maximum atomic E-state index is 11.6. The number of nitrogens with zero attached hydrogens (tertiary/aromatic N) is 1. The fraction of sp³-hybridized carbons (Fsp3) is 0.462. The van der Waals surface area contributed by atoms with Crippen molar-refractivity contribution in [2.75, 3.05) is 13.1 Å². The highest BCUT2D eigenvalue weighted by Gasteiger charge is 2.16. The van der Waals surface area contributed by atoms with Crippen LogP contribution in [0.3, 0.4) is 0 Å². The second kappa shape index (κ2) is 5.12. The van der Waals surface area contributed by atoms with Gasteiger partial charge >= 0.3 is 0 Å². The maximum absolute atomic E-state index is 11.6. The molecule has 0 aliphatic carbocycles. The molecule has 0 unspecified atom stereocenters. The molecular formula is C13H18N2O. The number of aryl methyl sites for hydroxylation is 1. The maximum Gasteiger partial charge on any atom is 0.236 e. The number of carbonyl (C=O) groups excluding carboxylic acids is 1. The van der Waals surface area contributed by atoms with Crippen LogP contribution in [-0.4, -0.2) is 24.0 Å². The Morgan fingerprint density at radius 3 is 2.94 bits per heavy atom. The van der Waals surface area contributed by atoms with Crippen LogP contribution < -0.4 is 5.43 Å². The number of nitrogens with one attached hydrogen (secondary N) is 1. The molecule has 1 aromatic rings. The van der Waals surface area contributed by atoms with Crippen molar-refractivity contribution >= 4 is 5.91 Å². The van der Waals surface area contributed by atoms with Gasteiger partial charge in [-0.25, -0.2) is 5.43 Å². The van der Waals surface area contributed by atoms with Crippen molar-refractivity contribution in [1.29, 1.82) is 0 Å². The SMILES string of the molecule is Cc1ccccc1CCN1NCCCC1=O. The molecule has 3 nitrogen and oxygen atoms in total.